The molecule has 7 nitrogen and oxygen atoms in total. The van der Waals surface area contributed by atoms with Crippen molar-refractivity contribution in [1.29, 1.82) is 0 Å². The fourth-order valence-corrected chi connectivity index (χ4v) is 2.67. The van der Waals surface area contributed by atoms with Crippen LogP contribution in [0, 0.1) is 0 Å². The molecule has 2 aromatic rings. The number of amides is 1. The maximum atomic E-state index is 12.5. The number of nitrogens with zero attached hydrogens (tertiary/aromatic N) is 2. The van der Waals surface area contributed by atoms with Crippen LogP contribution in [0.5, 0.6) is 17.2 Å². The lowest BCUT2D eigenvalue weighted by Crippen LogP contribution is -2.32. The van der Waals surface area contributed by atoms with Crippen LogP contribution in [0.3, 0.4) is 0 Å². The first-order chi connectivity index (χ1) is 12.6. The Kier molecular flexibility index (Phi) is 3.96. The van der Waals surface area contributed by atoms with Gasteiger partial charge in [-0.25, -0.2) is 4.99 Å². The number of ether oxygens (including phenoxy) is 3. The van der Waals surface area contributed by atoms with Gasteiger partial charge in [0.1, 0.15) is 11.4 Å². The molecule has 1 N–H and O–H groups in total. The van der Waals surface area contributed by atoms with E-state index in [4.69, 9.17) is 14.2 Å². The number of hydrogen-bond acceptors (Lipinski definition) is 6. The van der Waals surface area contributed by atoms with Crippen molar-refractivity contribution in [2.75, 3.05) is 26.3 Å². The minimum absolute atomic E-state index is 0.182. The maximum absolute atomic E-state index is 12.5. The van der Waals surface area contributed by atoms with Gasteiger partial charge in [-0.3, -0.25) is 9.69 Å². The number of carbonyl (C=O) groups is 1. The molecule has 0 atom stereocenters. The molecule has 0 unspecified atom stereocenters. The highest BCUT2D eigenvalue weighted by atomic mass is 16.7. The molecule has 132 valence electrons. The normalized spacial score (nSPS) is 16.8. The molecule has 2 aliphatic rings. The summed E-state index contributed by atoms with van der Waals surface area (Å²) in [4.78, 5) is 18.4. The number of hydrogen-bond donors (Lipinski definition) is 1. The SMILES string of the molecule is COc1ccc(NC2=N/C(=C\c3ccc4c(c3)OCO4)C(=O)N2C)cc1. The molecule has 0 saturated heterocycles. The van der Waals surface area contributed by atoms with Gasteiger partial charge in [-0.2, -0.15) is 0 Å². The average molecular weight is 351 g/mol. The van der Waals surface area contributed by atoms with E-state index in [1.807, 2.05) is 42.5 Å². The van der Waals surface area contributed by atoms with E-state index in [-0.39, 0.29) is 12.7 Å². The highest BCUT2D eigenvalue weighted by Crippen LogP contribution is 2.33. The van der Waals surface area contributed by atoms with Crippen molar-refractivity contribution in [3.8, 4) is 17.2 Å². The predicted molar refractivity (Wildman–Crippen MR) is 97.4 cm³/mol. The number of rotatable bonds is 3. The Balaban J connectivity index is 1.57. The first-order valence-electron chi connectivity index (χ1n) is 8.03. The summed E-state index contributed by atoms with van der Waals surface area (Å²) in [5, 5.41) is 3.14. The minimum atomic E-state index is -0.182. The van der Waals surface area contributed by atoms with Crippen LogP contribution in [0.25, 0.3) is 6.08 Å². The summed E-state index contributed by atoms with van der Waals surface area (Å²) in [6.45, 7) is 0.213. The topological polar surface area (TPSA) is 72.4 Å². The monoisotopic (exact) mass is 351 g/mol. The van der Waals surface area contributed by atoms with Gasteiger partial charge in [0.2, 0.25) is 12.8 Å². The molecular formula is C19H17N3O4. The summed E-state index contributed by atoms with van der Waals surface area (Å²) in [5.74, 6) is 2.41. The van der Waals surface area contributed by atoms with Gasteiger partial charge in [0.25, 0.3) is 5.91 Å². The second-order valence-corrected chi connectivity index (χ2v) is 5.80. The summed E-state index contributed by atoms with van der Waals surface area (Å²) in [6, 6.07) is 12.9. The van der Waals surface area contributed by atoms with Crippen molar-refractivity contribution >= 4 is 23.6 Å². The third-order valence-corrected chi connectivity index (χ3v) is 4.11. The fraction of sp³-hybridized carbons (Fsp3) is 0.158. The van der Waals surface area contributed by atoms with Crippen LogP contribution in [0.1, 0.15) is 5.56 Å². The molecule has 1 amide bonds. The fourth-order valence-electron chi connectivity index (χ4n) is 2.67. The van der Waals surface area contributed by atoms with E-state index in [9.17, 15) is 4.79 Å². The predicted octanol–water partition coefficient (Wildman–Crippen LogP) is 2.70. The molecule has 0 aliphatic carbocycles. The number of nitrogens with one attached hydrogen (secondary N) is 1. The number of carbonyl (C=O) groups excluding carboxylic acids is 1. The second kappa shape index (κ2) is 6.44. The van der Waals surface area contributed by atoms with E-state index < -0.39 is 0 Å². The molecule has 0 bridgehead atoms. The van der Waals surface area contributed by atoms with Gasteiger partial charge in [0, 0.05) is 12.7 Å². The van der Waals surface area contributed by atoms with E-state index in [0.717, 1.165) is 17.0 Å². The van der Waals surface area contributed by atoms with E-state index in [1.165, 1.54) is 4.90 Å². The Morgan fingerprint density at radius 3 is 2.69 bits per heavy atom. The number of fused-ring (bicyclic) bond motifs is 1. The van der Waals surface area contributed by atoms with Gasteiger partial charge in [-0.05, 0) is 48.0 Å². The molecule has 0 spiro atoms. The molecule has 2 heterocycles. The van der Waals surface area contributed by atoms with E-state index in [1.54, 1.807) is 20.2 Å². The third-order valence-electron chi connectivity index (χ3n) is 4.11. The van der Waals surface area contributed by atoms with Crippen molar-refractivity contribution in [3.05, 3.63) is 53.7 Å². The van der Waals surface area contributed by atoms with Gasteiger partial charge in [-0.1, -0.05) is 6.07 Å². The largest absolute Gasteiger partial charge is 0.497 e. The van der Waals surface area contributed by atoms with Gasteiger partial charge in [-0.15, -0.1) is 0 Å². The van der Waals surface area contributed by atoms with Crippen molar-refractivity contribution in [3.63, 3.8) is 0 Å². The Morgan fingerprint density at radius 2 is 1.92 bits per heavy atom. The van der Waals surface area contributed by atoms with Crippen molar-refractivity contribution in [1.82, 2.24) is 4.90 Å². The van der Waals surface area contributed by atoms with E-state index >= 15 is 0 Å². The average Bonchev–Trinajstić information content (AvgIpc) is 3.23. The van der Waals surface area contributed by atoms with Gasteiger partial charge in [0.15, 0.2) is 11.5 Å². The number of anilines is 1. The Morgan fingerprint density at radius 1 is 1.15 bits per heavy atom. The Bertz CT molecular complexity index is 919. The van der Waals surface area contributed by atoms with Gasteiger partial charge in [0.05, 0.1) is 7.11 Å². The number of methoxy groups -OCH3 is 1. The molecule has 2 aromatic carbocycles. The number of benzene rings is 2. The minimum Gasteiger partial charge on any atom is -0.497 e. The molecule has 0 radical (unpaired) electrons. The Labute approximate surface area is 150 Å². The number of likely N-dealkylation sites (N-methyl/N-ethyl adjacent to an activating group) is 1. The lowest BCUT2D eigenvalue weighted by molar-refractivity contribution is -0.121. The highest BCUT2D eigenvalue weighted by molar-refractivity contribution is 6.17. The van der Waals surface area contributed by atoms with Crippen molar-refractivity contribution in [2.24, 2.45) is 4.99 Å². The quantitative estimate of drug-likeness (QED) is 0.861. The molecule has 0 saturated carbocycles. The summed E-state index contributed by atoms with van der Waals surface area (Å²) in [6.07, 6.45) is 1.73. The molecule has 7 heteroatoms. The standard InChI is InChI=1S/C19H17N3O4/c1-22-18(23)15(9-12-3-8-16-17(10-12)26-11-25-16)21-19(22)20-13-4-6-14(24-2)7-5-13/h3-10H,11H2,1-2H3,(H,20,21)/b15-9-. The number of aliphatic imine (C=N–C) groups is 1. The zero-order chi connectivity index (χ0) is 18.1. The summed E-state index contributed by atoms with van der Waals surface area (Å²) >= 11 is 0. The van der Waals surface area contributed by atoms with E-state index in [2.05, 4.69) is 10.3 Å². The molecule has 4 rings (SSSR count). The van der Waals surface area contributed by atoms with Gasteiger partial charge >= 0.3 is 0 Å². The third kappa shape index (κ3) is 2.95. The first-order valence-corrected chi connectivity index (χ1v) is 8.03. The summed E-state index contributed by atoms with van der Waals surface area (Å²) in [5.41, 5.74) is 1.98. The number of guanidine groups is 1. The van der Waals surface area contributed by atoms with Crippen molar-refractivity contribution < 1.29 is 19.0 Å². The summed E-state index contributed by atoms with van der Waals surface area (Å²) < 4.78 is 15.8. The zero-order valence-electron chi connectivity index (χ0n) is 14.4. The lowest BCUT2D eigenvalue weighted by Gasteiger charge is -2.13. The van der Waals surface area contributed by atoms with Gasteiger partial charge < -0.3 is 19.5 Å². The maximum Gasteiger partial charge on any atom is 0.279 e. The molecular weight excluding hydrogens is 334 g/mol. The van der Waals surface area contributed by atoms with Crippen LogP contribution in [0.15, 0.2) is 53.2 Å². The lowest BCUT2D eigenvalue weighted by atomic mass is 10.1. The second-order valence-electron chi connectivity index (χ2n) is 5.80. The Hall–Kier alpha value is -3.48. The van der Waals surface area contributed by atoms with Crippen LogP contribution >= 0.6 is 0 Å². The van der Waals surface area contributed by atoms with Crippen LogP contribution < -0.4 is 19.5 Å². The van der Waals surface area contributed by atoms with Crippen LogP contribution in [-0.2, 0) is 4.79 Å². The molecule has 0 aromatic heterocycles. The van der Waals surface area contributed by atoms with Crippen molar-refractivity contribution in [2.45, 2.75) is 0 Å². The first kappa shape index (κ1) is 16.0. The smallest absolute Gasteiger partial charge is 0.279 e. The van der Waals surface area contributed by atoms with Crippen LogP contribution in [0.4, 0.5) is 5.69 Å². The van der Waals surface area contributed by atoms with E-state index in [0.29, 0.717) is 23.2 Å². The highest BCUT2D eigenvalue weighted by Gasteiger charge is 2.27. The molecule has 26 heavy (non-hydrogen) atoms. The van der Waals surface area contributed by atoms with Crippen LogP contribution in [0.2, 0.25) is 0 Å². The molecule has 0 fully saturated rings. The molecule has 2 aliphatic heterocycles. The van der Waals surface area contributed by atoms with Crippen LogP contribution in [-0.4, -0.2) is 37.7 Å². The zero-order valence-corrected chi connectivity index (χ0v) is 14.4. The summed E-state index contributed by atoms with van der Waals surface area (Å²) in [7, 11) is 3.29.